The van der Waals surface area contributed by atoms with Crippen molar-refractivity contribution in [3.05, 3.63) is 75.6 Å². The fourth-order valence-electron chi connectivity index (χ4n) is 2.59. The summed E-state index contributed by atoms with van der Waals surface area (Å²) in [5.41, 5.74) is 6.98. The molecule has 0 radical (unpaired) electrons. The lowest BCUT2D eigenvalue weighted by atomic mass is 10.1. The maximum Gasteiger partial charge on any atom is 0.339 e. The third kappa shape index (κ3) is 4.57. The van der Waals surface area contributed by atoms with Gasteiger partial charge in [0.1, 0.15) is 12.2 Å². The van der Waals surface area contributed by atoms with Crippen LogP contribution in [-0.2, 0) is 16.1 Å². The molecule has 0 spiro atoms. The molecule has 0 aliphatic rings. The Kier molecular flexibility index (Phi) is 5.61. The molecule has 7 heteroatoms. The highest BCUT2D eigenvalue weighted by Crippen LogP contribution is 2.24. The zero-order valence-corrected chi connectivity index (χ0v) is 15.4. The molecule has 2 aromatic carbocycles. The molecule has 0 unspecified atom stereocenters. The van der Waals surface area contributed by atoms with Crippen LogP contribution in [0.1, 0.15) is 21.5 Å². The van der Waals surface area contributed by atoms with Crippen LogP contribution in [-0.4, -0.2) is 17.6 Å². The molecule has 6 nitrogen and oxygen atoms in total. The van der Waals surface area contributed by atoms with Crippen LogP contribution in [0.2, 0.25) is 0 Å². The average molecular weight is 383 g/mol. The summed E-state index contributed by atoms with van der Waals surface area (Å²) < 4.78 is 10.6. The second kappa shape index (κ2) is 8.09. The average Bonchev–Trinajstić information content (AvgIpc) is 2.63. The highest BCUT2D eigenvalue weighted by Gasteiger charge is 2.15. The fraction of sp³-hybridized carbons (Fsp3) is 0.150. The predicted octanol–water partition coefficient (Wildman–Crippen LogP) is 3.04. The van der Waals surface area contributed by atoms with Crippen LogP contribution in [0.5, 0.6) is 0 Å². The van der Waals surface area contributed by atoms with Crippen LogP contribution in [0.3, 0.4) is 0 Å². The summed E-state index contributed by atoms with van der Waals surface area (Å²) in [5.74, 6) is -0.953. The zero-order chi connectivity index (χ0) is 19.4. The molecule has 0 saturated carbocycles. The van der Waals surface area contributed by atoms with E-state index in [2.05, 4.69) is 0 Å². The summed E-state index contributed by atoms with van der Waals surface area (Å²) in [5, 5.41) is 0.712. The molecule has 27 heavy (non-hydrogen) atoms. The number of primary amides is 1. The first kappa shape index (κ1) is 18.7. The molecule has 138 valence electrons. The molecule has 1 amide bonds. The Balaban J connectivity index is 1.82. The number of benzene rings is 2. The second-order valence-electron chi connectivity index (χ2n) is 5.92. The van der Waals surface area contributed by atoms with Gasteiger partial charge in [-0.3, -0.25) is 4.79 Å². The zero-order valence-electron chi connectivity index (χ0n) is 14.6. The van der Waals surface area contributed by atoms with Crippen molar-refractivity contribution in [3.63, 3.8) is 0 Å². The molecule has 3 rings (SSSR count). The van der Waals surface area contributed by atoms with Gasteiger partial charge in [-0.1, -0.05) is 24.3 Å². The van der Waals surface area contributed by atoms with Crippen molar-refractivity contribution in [1.29, 1.82) is 0 Å². The summed E-state index contributed by atoms with van der Waals surface area (Å²) in [4.78, 5) is 35.9. The number of carbonyl (C=O) groups is 2. The van der Waals surface area contributed by atoms with Crippen molar-refractivity contribution in [1.82, 2.24) is 0 Å². The second-order valence-corrected chi connectivity index (χ2v) is 6.93. The maximum absolute atomic E-state index is 12.5. The van der Waals surface area contributed by atoms with Crippen LogP contribution >= 0.6 is 11.8 Å². The van der Waals surface area contributed by atoms with Crippen molar-refractivity contribution in [2.75, 3.05) is 5.75 Å². The van der Waals surface area contributed by atoms with E-state index in [4.69, 9.17) is 14.9 Å². The van der Waals surface area contributed by atoms with E-state index < -0.39 is 17.5 Å². The molecule has 0 bridgehead atoms. The summed E-state index contributed by atoms with van der Waals surface area (Å²) in [6.45, 7) is 1.83. The number of ether oxygens (including phenoxy) is 1. The van der Waals surface area contributed by atoms with Crippen LogP contribution < -0.4 is 11.4 Å². The number of carbonyl (C=O) groups excluding carboxylic acids is 2. The van der Waals surface area contributed by atoms with Gasteiger partial charge in [-0.05, 0) is 30.7 Å². The number of rotatable bonds is 6. The molecule has 0 aliphatic carbocycles. The Bertz CT molecular complexity index is 1070. The van der Waals surface area contributed by atoms with Crippen molar-refractivity contribution in [3.8, 4) is 0 Å². The van der Waals surface area contributed by atoms with Crippen molar-refractivity contribution >= 4 is 34.6 Å². The third-order valence-corrected chi connectivity index (χ3v) is 4.92. The molecule has 1 heterocycles. The number of nitrogens with two attached hydrogens (primary N) is 1. The standard InChI is InChI=1S/C20H17NO5S/c1-12-6-7-14-13(9-19(23)26-16(14)8-12)10-25-20(24)15-4-2-3-5-17(15)27-11-18(21)22/h2-9H,10-11H2,1H3,(H2,21,22). The Morgan fingerprint density at radius 2 is 1.93 bits per heavy atom. The van der Waals surface area contributed by atoms with Gasteiger partial charge < -0.3 is 14.9 Å². The van der Waals surface area contributed by atoms with Crippen LogP contribution in [0.4, 0.5) is 0 Å². The van der Waals surface area contributed by atoms with E-state index in [9.17, 15) is 14.4 Å². The lowest BCUT2D eigenvalue weighted by Gasteiger charge is -2.10. The summed E-state index contributed by atoms with van der Waals surface area (Å²) in [7, 11) is 0. The molecule has 1 aromatic heterocycles. The molecule has 2 N–H and O–H groups in total. The first-order valence-corrected chi connectivity index (χ1v) is 9.13. The maximum atomic E-state index is 12.5. The molecule has 0 atom stereocenters. The minimum absolute atomic E-state index is 0.0635. The molecule has 0 saturated heterocycles. The third-order valence-electron chi connectivity index (χ3n) is 3.82. The molecule has 0 aliphatic heterocycles. The van der Waals surface area contributed by atoms with Crippen molar-refractivity contribution < 1.29 is 18.7 Å². The van der Waals surface area contributed by atoms with Crippen molar-refractivity contribution in [2.45, 2.75) is 18.4 Å². The summed E-state index contributed by atoms with van der Waals surface area (Å²) in [6.07, 6.45) is 0. The van der Waals surface area contributed by atoms with Gasteiger partial charge in [0.05, 0.1) is 11.3 Å². The predicted molar refractivity (Wildman–Crippen MR) is 103 cm³/mol. The Morgan fingerprint density at radius 3 is 2.70 bits per heavy atom. The van der Waals surface area contributed by atoms with Crippen LogP contribution in [0.25, 0.3) is 11.0 Å². The lowest BCUT2D eigenvalue weighted by molar-refractivity contribution is -0.115. The van der Waals surface area contributed by atoms with Gasteiger partial charge in [-0.15, -0.1) is 11.8 Å². The van der Waals surface area contributed by atoms with E-state index in [0.717, 1.165) is 5.56 Å². The van der Waals surface area contributed by atoms with Gasteiger partial charge >= 0.3 is 11.6 Å². The number of amides is 1. The van der Waals surface area contributed by atoms with Gasteiger partial charge in [0.25, 0.3) is 0 Å². The smallest absolute Gasteiger partial charge is 0.339 e. The monoisotopic (exact) mass is 383 g/mol. The van der Waals surface area contributed by atoms with Gasteiger partial charge in [0.15, 0.2) is 0 Å². The van der Waals surface area contributed by atoms with E-state index in [1.807, 2.05) is 19.1 Å². The number of fused-ring (bicyclic) bond motifs is 1. The summed E-state index contributed by atoms with van der Waals surface area (Å²) >= 11 is 1.17. The van der Waals surface area contributed by atoms with Crippen LogP contribution in [0, 0.1) is 6.92 Å². The molecule has 3 aromatic rings. The highest BCUT2D eigenvalue weighted by atomic mass is 32.2. The van der Waals surface area contributed by atoms with E-state index in [1.54, 1.807) is 30.3 Å². The van der Waals surface area contributed by atoms with Crippen molar-refractivity contribution in [2.24, 2.45) is 5.73 Å². The first-order valence-electron chi connectivity index (χ1n) is 8.14. The van der Waals surface area contributed by atoms with E-state index in [0.29, 0.717) is 27.0 Å². The van der Waals surface area contributed by atoms with Gasteiger partial charge in [0.2, 0.25) is 5.91 Å². The number of thioether (sulfide) groups is 1. The minimum Gasteiger partial charge on any atom is -0.457 e. The van der Waals surface area contributed by atoms with E-state index in [-0.39, 0.29) is 12.4 Å². The minimum atomic E-state index is -0.545. The first-order chi connectivity index (χ1) is 12.9. The fourth-order valence-corrected chi connectivity index (χ4v) is 3.37. The number of esters is 1. The van der Waals surface area contributed by atoms with Gasteiger partial charge in [-0.2, -0.15) is 0 Å². The lowest BCUT2D eigenvalue weighted by Crippen LogP contribution is -2.14. The molecule has 0 fully saturated rings. The van der Waals surface area contributed by atoms with E-state index in [1.165, 1.54) is 17.8 Å². The van der Waals surface area contributed by atoms with Gasteiger partial charge in [0, 0.05) is 21.9 Å². The Labute approximate surface area is 159 Å². The van der Waals surface area contributed by atoms with Gasteiger partial charge in [-0.25, -0.2) is 9.59 Å². The molecular weight excluding hydrogens is 366 g/mol. The number of hydrogen-bond donors (Lipinski definition) is 1. The number of hydrogen-bond acceptors (Lipinski definition) is 6. The van der Waals surface area contributed by atoms with E-state index >= 15 is 0 Å². The topological polar surface area (TPSA) is 99.6 Å². The Morgan fingerprint density at radius 1 is 1.15 bits per heavy atom. The summed E-state index contributed by atoms with van der Waals surface area (Å²) in [6, 6.07) is 13.6. The number of aryl methyl sites for hydroxylation is 1. The molecular formula is C20H17NO5S. The SMILES string of the molecule is Cc1ccc2c(COC(=O)c3ccccc3SCC(N)=O)cc(=O)oc2c1. The largest absolute Gasteiger partial charge is 0.457 e. The highest BCUT2D eigenvalue weighted by molar-refractivity contribution is 8.00. The Hall–Kier alpha value is -3.06. The van der Waals surface area contributed by atoms with Crippen LogP contribution in [0.15, 0.2) is 62.6 Å². The normalized spacial score (nSPS) is 10.7. The quantitative estimate of drug-likeness (QED) is 0.399.